The molecule has 2 heterocycles. The van der Waals surface area contributed by atoms with Crippen LogP contribution in [0.4, 0.5) is 0 Å². The second kappa shape index (κ2) is 7.97. The van der Waals surface area contributed by atoms with Gasteiger partial charge in [-0.25, -0.2) is 0 Å². The Morgan fingerprint density at radius 3 is 2.67 bits per heavy atom. The van der Waals surface area contributed by atoms with Crippen molar-refractivity contribution in [3.63, 3.8) is 0 Å². The van der Waals surface area contributed by atoms with Crippen LogP contribution < -0.4 is 5.56 Å². The standard InChI is InChI=1S/C19H23BrClNO3SSi/c1-11-7-12(9-23)16(20)15-13-8-14(21)26-18(13)19(24)22(17(11)15)10-25-5-6-27(2,3)4/h7-8,23H,5-6,9-10H2,1-4H3. The number of halogens is 2. The van der Waals surface area contributed by atoms with Crippen molar-refractivity contribution in [3.05, 3.63) is 42.4 Å². The Hall–Kier alpha value is -0.703. The number of hydrogen-bond acceptors (Lipinski definition) is 4. The number of thiophene rings is 1. The molecule has 3 rings (SSSR count). The number of benzene rings is 1. The van der Waals surface area contributed by atoms with Gasteiger partial charge >= 0.3 is 0 Å². The van der Waals surface area contributed by atoms with E-state index >= 15 is 0 Å². The van der Waals surface area contributed by atoms with E-state index in [1.165, 1.54) is 11.3 Å². The average Bonchev–Trinajstić information content (AvgIpc) is 2.97. The number of nitrogens with zero attached hydrogens (tertiary/aromatic N) is 1. The lowest BCUT2D eigenvalue weighted by molar-refractivity contribution is 0.0881. The molecule has 146 valence electrons. The number of fused-ring (bicyclic) bond motifs is 3. The smallest absolute Gasteiger partial charge is 0.270 e. The summed E-state index contributed by atoms with van der Waals surface area (Å²) in [6.07, 6.45) is 0. The lowest BCUT2D eigenvalue weighted by Crippen LogP contribution is -2.25. The van der Waals surface area contributed by atoms with Crippen LogP contribution in [0.15, 0.2) is 21.4 Å². The first kappa shape index (κ1) is 21.0. The summed E-state index contributed by atoms with van der Waals surface area (Å²) >= 11 is 11.1. The molecule has 1 aromatic carbocycles. The molecule has 0 fully saturated rings. The highest BCUT2D eigenvalue weighted by molar-refractivity contribution is 9.10. The highest BCUT2D eigenvalue weighted by Crippen LogP contribution is 2.38. The Bertz CT molecular complexity index is 1070. The molecule has 0 bridgehead atoms. The zero-order chi connectivity index (χ0) is 19.9. The van der Waals surface area contributed by atoms with Crippen molar-refractivity contribution in [1.82, 2.24) is 4.57 Å². The zero-order valence-corrected chi connectivity index (χ0v) is 20.0. The number of hydrogen-bond donors (Lipinski definition) is 1. The lowest BCUT2D eigenvalue weighted by Gasteiger charge is -2.18. The van der Waals surface area contributed by atoms with E-state index in [0.29, 0.717) is 15.6 Å². The summed E-state index contributed by atoms with van der Waals surface area (Å²) in [7, 11) is -1.20. The number of aliphatic hydroxyl groups excluding tert-OH is 1. The molecule has 4 nitrogen and oxygen atoms in total. The van der Waals surface area contributed by atoms with Crippen molar-refractivity contribution in [3.8, 4) is 0 Å². The first-order chi connectivity index (χ1) is 12.6. The van der Waals surface area contributed by atoms with E-state index in [-0.39, 0.29) is 18.9 Å². The lowest BCUT2D eigenvalue weighted by atomic mass is 10.0. The fraction of sp³-hybridized carbons (Fsp3) is 0.421. The van der Waals surface area contributed by atoms with Crippen LogP contribution in [0.2, 0.25) is 30.0 Å². The molecule has 27 heavy (non-hydrogen) atoms. The fourth-order valence-electron chi connectivity index (χ4n) is 3.15. The molecule has 2 aromatic heterocycles. The third-order valence-corrected chi connectivity index (χ3v) is 8.43. The first-order valence-corrected chi connectivity index (χ1v) is 14.5. The summed E-state index contributed by atoms with van der Waals surface area (Å²) in [5.41, 5.74) is 2.44. The van der Waals surface area contributed by atoms with E-state index in [1.54, 1.807) is 4.57 Å². The van der Waals surface area contributed by atoms with Crippen molar-refractivity contribution in [2.45, 2.75) is 45.9 Å². The predicted octanol–water partition coefficient (Wildman–Crippen LogP) is 5.75. The number of pyridine rings is 1. The molecule has 0 aliphatic rings. The number of aryl methyl sites for hydroxylation is 1. The minimum atomic E-state index is -1.20. The molecule has 0 atom stereocenters. The topological polar surface area (TPSA) is 51.5 Å². The van der Waals surface area contributed by atoms with Gasteiger partial charge in [0.2, 0.25) is 0 Å². The normalized spacial score (nSPS) is 12.4. The fourth-order valence-corrected chi connectivity index (χ4v) is 5.73. The molecular formula is C19H23BrClNO3SSi. The van der Waals surface area contributed by atoms with Crippen LogP contribution in [0, 0.1) is 6.92 Å². The molecule has 0 aliphatic heterocycles. The number of ether oxygens (including phenoxy) is 1. The van der Waals surface area contributed by atoms with Crippen molar-refractivity contribution in [2.75, 3.05) is 6.61 Å². The van der Waals surface area contributed by atoms with Crippen LogP contribution in [-0.4, -0.2) is 24.4 Å². The maximum Gasteiger partial charge on any atom is 0.270 e. The second-order valence-corrected chi connectivity index (χ2v) is 16.0. The number of aromatic nitrogens is 1. The van der Waals surface area contributed by atoms with Crippen LogP contribution in [0.5, 0.6) is 0 Å². The van der Waals surface area contributed by atoms with Gasteiger partial charge in [-0.1, -0.05) is 37.3 Å². The van der Waals surface area contributed by atoms with Gasteiger partial charge in [0.15, 0.2) is 0 Å². The molecule has 0 saturated heterocycles. The molecule has 0 spiro atoms. The minimum absolute atomic E-state index is 0.0808. The van der Waals surface area contributed by atoms with Crippen LogP contribution in [0.1, 0.15) is 11.1 Å². The zero-order valence-electron chi connectivity index (χ0n) is 15.9. The van der Waals surface area contributed by atoms with E-state index in [9.17, 15) is 9.90 Å². The molecule has 0 unspecified atom stereocenters. The monoisotopic (exact) mass is 487 g/mol. The Morgan fingerprint density at radius 1 is 1.33 bits per heavy atom. The maximum absolute atomic E-state index is 13.1. The average molecular weight is 489 g/mol. The van der Waals surface area contributed by atoms with Crippen molar-refractivity contribution in [1.29, 1.82) is 0 Å². The SMILES string of the molecule is Cc1cc(CO)c(Br)c2c3cc(Cl)sc3c(=O)n(COCC[Si](C)(C)C)c12. The van der Waals surface area contributed by atoms with Gasteiger partial charge in [-0.2, -0.15) is 0 Å². The van der Waals surface area contributed by atoms with Gasteiger partial charge in [0.05, 0.1) is 16.5 Å². The van der Waals surface area contributed by atoms with E-state index in [0.717, 1.165) is 37.9 Å². The van der Waals surface area contributed by atoms with Gasteiger partial charge in [0.25, 0.3) is 5.56 Å². The summed E-state index contributed by atoms with van der Waals surface area (Å²) in [4.78, 5) is 13.1. The Morgan fingerprint density at radius 2 is 2.04 bits per heavy atom. The quantitative estimate of drug-likeness (QED) is 0.355. The molecule has 3 aromatic rings. The predicted molar refractivity (Wildman–Crippen MR) is 121 cm³/mol. The van der Waals surface area contributed by atoms with Crippen molar-refractivity contribution in [2.24, 2.45) is 0 Å². The van der Waals surface area contributed by atoms with Crippen LogP contribution in [0.3, 0.4) is 0 Å². The summed E-state index contributed by atoms with van der Waals surface area (Å²) in [5.74, 6) is 0. The summed E-state index contributed by atoms with van der Waals surface area (Å²) < 4.78 is 9.56. The minimum Gasteiger partial charge on any atom is -0.392 e. The van der Waals surface area contributed by atoms with Gasteiger partial charge in [0.1, 0.15) is 11.4 Å². The molecular weight excluding hydrogens is 466 g/mol. The summed E-state index contributed by atoms with van der Waals surface area (Å²) in [5, 5.41) is 11.4. The summed E-state index contributed by atoms with van der Waals surface area (Å²) in [6, 6.07) is 4.78. The van der Waals surface area contributed by atoms with Gasteiger partial charge < -0.3 is 9.84 Å². The third kappa shape index (κ3) is 4.18. The van der Waals surface area contributed by atoms with E-state index in [1.807, 2.05) is 19.1 Å². The molecule has 0 aliphatic carbocycles. The Kier molecular flexibility index (Phi) is 6.20. The molecule has 0 saturated carbocycles. The molecule has 8 heteroatoms. The largest absolute Gasteiger partial charge is 0.392 e. The van der Waals surface area contributed by atoms with Gasteiger partial charge in [0, 0.05) is 29.9 Å². The summed E-state index contributed by atoms with van der Waals surface area (Å²) in [6.45, 7) is 9.62. The van der Waals surface area contributed by atoms with Crippen LogP contribution in [-0.2, 0) is 18.1 Å². The highest BCUT2D eigenvalue weighted by Gasteiger charge is 2.20. The third-order valence-electron chi connectivity index (χ3n) is 4.57. The Balaban J connectivity index is 2.21. The van der Waals surface area contributed by atoms with E-state index < -0.39 is 8.07 Å². The number of rotatable bonds is 6. The van der Waals surface area contributed by atoms with E-state index in [2.05, 4.69) is 35.6 Å². The van der Waals surface area contributed by atoms with Gasteiger partial charge in [-0.3, -0.25) is 9.36 Å². The number of aliphatic hydroxyl groups is 1. The van der Waals surface area contributed by atoms with E-state index in [4.69, 9.17) is 16.3 Å². The molecule has 1 N–H and O–H groups in total. The Labute approximate surface area is 176 Å². The molecule has 0 amide bonds. The first-order valence-electron chi connectivity index (χ1n) is 8.76. The van der Waals surface area contributed by atoms with Gasteiger partial charge in [-0.05, 0) is 46.1 Å². The van der Waals surface area contributed by atoms with Crippen LogP contribution in [0.25, 0.3) is 21.0 Å². The molecule has 0 radical (unpaired) electrons. The van der Waals surface area contributed by atoms with Crippen molar-refractivity contribution < 1.29 is 9.84 Å². The van der Waals surface area contributed by atoms with Crippen molar-refractivity contribution >= 4 is 67.9 Å². The second-order valence-electron chi connectivity index (χ2n) is 7.92. The van der Waals surface area contributed by atoms with Crippen LogP contribution >= 0.6 is 38.9 Å². The maximum atomic E-state index is 13.1. The van der Waals surface area contributed by atoms with Gasteiger partial charge in [-0.15, -0.1) is 11.3 Å². The highest BCUT2D eigenvalue weighted by atomic mass is 79.9.